The smallest absolute Gasteiger partial charge is 0.201 e. The van der Waals surface area contributed by atoms with Gasteiger partial charge in [0.1, 0.15) is 0 Å². The first-order chi connectivity index (χ1) is 10.5. The van der Waals surface area contributed by atoms with Crippen LogP contribution in [0, 0.1) is 23.3 Å². The quantitative estimate of drug-likeness (QED) is 0.744. The van der Waals surface area contributed by atoms with E-state index in [9.17, 15) is 17.6 Å². The monoisotopic (exact) mass is 314 g/mol. The lowest BCUT2D eigenvalue weighted by atomic mass is 10.0. The minimum atomic E-state index is -1.30. The molecular weight excluding hydrogens is 300 g/mol. The maximum absolute atomic E-state index is 14.1. The number of ether oxygens (including phenoxy) is 2. The molecule has 0 heterocycles. The Labute approximate surface area is 125 Å². The fourth-order valence-electron chi connectivity index (χ4n) is 2.01. The van der Waals surface area contributed by atoms with Crippen molar-refractivity contribution < 1.29 is 27.0 Å². The van der Waals surface area contributed by atoms with Gasteiger partial charge in [-0.2, -0.15) is 8.78 Å². The Bertz CT molecular complexity index is 627. The topological polar surface area (TPSA) is 18.5 Å². The van der Waals surface area contributed by atoms with Crippen molar-refractivity contribution >= 4 is 0 Å². The number of hydrogen-bond donors (Lipinski definition) is 0. The molecule has 118 valence electrons. The van der Waals surface area contributed by atoms with Crippen LogP contribution in [0.3, 0.4) is 0 Å². The first-order valence-corrected chi connectivity index (χ1v) is 6.73. The summed E-state index contributed by atoms with van der Waals surface area (Å²) in [6.07, 6.45) is 0. The van der Waals surface area contributed by atoms with Crippen LogP contribution in [-0.4, -0.2) is 13.2 Å². The summed E-state index contributed by atoms with van der Waals surface area (Å²) in [6, 6.07) is 4.62. The summed E-state index contributed by atoms with van der Waals surface area (Å²) in [5.41, 5.74) is -0.777. The summed E-state index contributed by atoms with van der Waals surface area (Å²) in [6.45, 7) is 3.54. The van der Waals surface area contributed by atoms with E-state index in [1.807, 2.05) is 0 Å². The third kappa shape index (κ3) is 2.86. The molecule has 0 aliphatic carbocycles. The highest BCUT2D eigenvalue weighted by molar-refractivity contribution is 5.67. The molecule has 0 aliphatic rings. The van der Waals surface area contributed by atoms with E-state index in [0.29, 0.717) is 0 Å². The molecule has 0 radical (unpaired) electrons. The van der Waals surface area contributed by atoms with E-state index >= 15 is 0 Å². The van der Waals surface area contributed by atoms with Gasteiger partial charge in [-0.15, -0.1) is 0 Å². The minimum absolute atomic E-state index is 0.155. The van der Waals surface area contributed by atoms with Crippen molar-refractivity contribution in [3.8, 4) is 22.6 Å². The van der Waals surface area contributed by atoms with Crippen molar-refractivity contribution in [1.29, 1.82) is 0 Å². The molecule has 0 spiro atoms. The maximum Gasteiger partial charge on any atom is 0.201 e. The summed E-state index contributed by atoms with van der Waals surface area (Å²) in [5.74, 6) is -5.64. The van der Waals surface area contributed by atoms with Gasteiger partial charge in [0, 0.05) is 11.1 Å². The van der Waals surface area contributed by atoms with Gasteiger partial charge in [-0.3, -0.25) is 0 Å². The number of benzene rings is 2. The van der Waals surface area contributed by atoms with Gasteiger partial charge in [-0.1, -0.05) is 0 Å². The molecule has 0 amide bonds. The van der Waals surface area contributed by atoms with Crippen molar-refractivity contribution in [2.45, 2.75) is 13.8 Å². The summed E-state index contributed by atoms with van der Waals surface area (Å²) >= 11 is 0. The second-order valence-corrected chi connectivity index (χ2v) is 4.34. The Kier molecular flexibility index (Phi) is 4.90. The van der Waals surface area contributed by atoms with Crippen molar-refractivity contribution in [2.75, 3.05) is 13.2 Å². The predicted octanol–water partition coefficient (Wildman–Crippen LogP) is 4.71. The number of halogens is 4. The Hall–Kier alpha value is -2.24. The Morgan fingerprint density at radius 1 is 0.636 bits per heavy atom. The normalized spacial score (nSPS) is 10.6. The van der Waals surface area contributed by atoms with E-state index in [2.05, 4.69) is 0 Å². The highest BCUT2D eigenvalue weighted by atomic mass is 19.2. The van der Waals surface area contributed by atoms with E-state index in [-0.39, 0.29) is 35.8 Å². The van der Waals surface area contributed by atoms with Gasteiger partial charge in [0.2, 0.25) is 11.6 Å². The summed E-state index contributed by atoms with van der Waals surface area (Å²) in [5, 5.41) is 0. The van der Waals surface area contributed by atoms with E-state index in [4.69, 9.17) is 9.47 Å². The Morgan fingerprint density at radius 2 is 1.00 bits per heavy atom. The molecular formula is C16H14F4O2. The zero-order valence-corrected chi connectivity index (χ0v) is 12.1. The third-order valence-electron chi connectivity index (χ3n) is 2.98. The first-order valence-electron chi connectivity index (χ1n) is 6.73. The van der Waals surface area contributed by atoms with Gasteiger partial charge in [0.15, 0.2) is 23.1 Å². The fourth-order valence-corrected chi connectivity index (χ4v) is 2.01. The summed E-state index contributed by atoms with van der Waals surface area (Å²) < 4.78 is 65.6. The second kappa shape index (κ2) is 6.68. The van der Waals surface area contributed by atoms with Crippen LogP contribution >= 0.6 is 0 Å². The minimum Gasteiger partial charge on any atom is -0.491 e. The van der Waals surface area contributed by atoms with E-state index in [1.165, 1.54) is 12.1 Å². The number of rotatable bonds is 5. The molecule has 0 aliphatic heterocycles. The molecule has 2 aromatic carbocycles. The molecule has 2 nitrogen and oxygen atoms in total. The van der Waals surface area contributed by atoms with Crippen molar-refractivity contribution in [2.24, 2.45) is 0 Å². The van der Waals surface area contributed by atoms with Crippen LogP contribution < -0.4 is 9.47 Å². The predicted molar refractivity (Wildman–Crippen MR) is 74.0 cm³/mol. The molecule has 0 unspecified atom stereocenters. The highest BCUT2D eigenvalue weighted by Crippen LogP contribution is 2.34. The number of hydrogen-bond acceptors (Lipinski definition) is 2. The first kappa shape index (κ1) is 16.1. The van der Waals surface area contributed by atoms with Crippen molar-refractivity contribution in [3.63, 3.8) is 0 Å². The Morgan fingerprint density at radius 3 is 1.32 bits per heavy atom. The molecule has 0 aromatic heterocycles. The lowest BCUT2D eigenvalue weighted by Gasteiger charge is -2.12. The van der Waals surface area contributed by atoms with Gasteiger partial charge in [-0.25, -0.2) is 8.78 Å². The van der Waals surface area contributed by atoms with Crippen LogP contribution in [0.15, 0.2) is 24.3 Å². The van der Waals surface area contributed by atoms with Gasteiger partial charge in [0.05, 0.1) is 13.2 Å². The van der Waals surface area contributed by atoms with Crippen molar-refractivity contribution in [3.05, 3.63) is 47.5 Å². The lowest BCUT2D eigenvalue weighted by Crippen LogP contribution is -2.01. The fraction of sp³-hybridized carbons (Fsp3) is 0.250. The van der Waals surface area contributed by atoms with Gasteiger partial charge in [0.25, 0.3) is 0 Å². The molecule has 0 bridgehead atoms. The molecule has 2 rings (SSSR count). The molecule has 0 saturated heterocycles. The van der Waals surface area contributed by atoms with Crippen LogP contribution in [0.25, 0.3) is 11.1 Å². The van der Waals surface area contributed by atoms with E-state index in [0.717, 1.165) is 12.1 Å². The van der Waals surface area contributed by atoms with Crippen LogP contribution in [0.5, 0.6) is 11.5 Å². The molecule has 22 heavy (non-hydrogen) atoms. The van der Waals surface area contributed by atoms with Gasteiger partial charge >= 0.3 is 0 Å². The van der Waals surface area contributed by atoms with Gasteiger partial charge < -0.3 is 9.47 Å². The van der Waals surface area contributed by atoms with Crippen LogP contribution in [-0.2, 0) is 0 Å². The maximum atomic E-state index is 14.1. The average Bonchev–Trinajstić information content (AvgIpc) is 2.50. The van der Waals surface area contributed by atoms with Crippen LogP contribution in [0.1, 0.15) is 13.8 Å². The molecule has 0 atom stereocenters. The third-order valence-corrected chi connectivity index (χ3v) is 2.98. The van der Waals surface area contributed by atoms with Crippen LogP contribution in [0.2, 0.25) is 0 Å². The summed E-state index contributed by atoms with van der Waals surface area (Å²) in [7, 11) is 0. The van der Waals surface area contributed by atoms with E-state index in [1.54, 1.807) is 13.8 Å². The largest absolute Gasteiger partial charge is 0.491 e. The molecule has 0 fully saturated rings. The highest BCUT2D eigenvalue weighted by Gasteiger charge is 2.21. The molecule has 0 saturated carbocycles. The molecule has 6 heteroatoms. The second-order valence-electron chi connectivity index (χ2n) is 4.34. The average molecular weight is 314 g/mol. The van der Waals surface area contributed by atoms with Crippen LogP contribution in [0.4, 0.5) is 17.6 Å². The van der Waals surface area contributed by atoms with Crippen molar-refractivity contribution in [1.82, 2.24) is 0 Å². The standard InChI is InChI=1S/C16H14F4O2/c1-3-21-11-7-5-9(13(17)15(11)19)10-6-8-12(22-4-2)16(20)14(10)18/h5-8H,3-4H2,1-2H3. The zero-order valence-electron chi connectivity index (χ0n) is 12.1. The molecule has 2 aromatic rings. The zero-order chi connectivity index (χ0) is 16.3. The van der Waals surface area contributed by atoms with Gasteiger partial charge in [-0.05, 0) is 38.1 Å². The molecule has 0 N–H and O–H groups in total. The lowest BCUT2D eigenvalue weighted by molar-refractivity contribution is 0.313. The SMILES string of the molecule is CCOc1ccc(-c2ccc(OCC)c(F)c2F)c(F)c1F. The summed E-state index contributed by atoms with van der Waals surface area (Å²) in [4.78, 5) is 0. The van der Waals surface area contributed by atoms with E-state index < -0.39 is 23.3 Å². The Balaban J connectivity index is 2.53.